The Kier molecular flexibility index (Phi) is 2.80. The van der Waals surface area contributed by atoms with Gasteiger partial charge in [0.2, 0.25) is 0 Å². The number of carboxylic acids is 1. The molecule has 3 rings (SSSR count). The van der Waals surface area contributed by atoms with Gasteiger partial charge >= 0.3 is 5.97 Å². The Bertz CT molecular complexity index is 604. The zero-order valence-electron chi connectivity index (χ0n) is 9.80. The van der Waals surface area contributed by atoms with E-state index in [0.29, 0.717) is 5.92 Å². The normalized spacial score (nSPS) is 16.9. The van der Waals surface area contributed by atoms with Crippen LogP contribution in [0.1, 0.15) is 35.2 Å². The molecule has 0 spiro atoms. The van der Waals surface area contributed by atoms with Gasteiger partial charge in [-0.1, -0.05) is 12.1 Å². The highest BCUT2D eigenvalue weighted by atomic mass is 32.1. The van der Waals surface area contributed by atoms with Crippen LogP contribution >= 0.6 is 11.3 Å². The fourth-order valence-corrected chi connectivity index (χ4v) is 3.31. The minimum absolute atomic E-state index is 0.102. The van der Waals surface area contributed by atoms with Crippen molar-refractivity contribution in [3.05, 3.63) is 28.8 Å². The number of aliphatic carboxylic acids is 1. The van der Waals surface area contributed by atoms with E-state index in [0.717, 1.165) is 20.8 Å². The van der Waals surface area contributed by atoms with Gasteiger partial charge in [-0.2, -0.15) is 0 Å². The Morgan fingerprint density at radius 3 is 2.94 bits per heavy atom. The van der Waals surface area contributed by atoms with E-state index in [1.165, 1.54) is 12.8 Å². The summed E-state index contributed by atoms with van der Waals surface area (Å²) in [6.07, 6.45) is 2.41. The second-order valence-corrected chi connectivity index (χ2v) is 5.71. The van der Waals surface area contributed by atoms with E-state index in [1.54, 1.807) is 11.3 Å². The van der Waals surface area contributed by atoms with Gasteiger partial charge in [0.15, 0.2) is 0 Å². The Balaban J connectivity index is 2.12. The highest BCUT2D eigenvalue weighted by Gasteiger charge is 2.28. The molecule has 2 aromatic rings. The molecular formula is C13H14N2O2S. The third kappa shape index (κ3) is 1.89. The zero-order chi connectivity index (χ0) is 12.7. The topological polar surface area (TPSA) is 76.2 Å². The molecule has 0 saturated heterocycles. The largest absolute Gasteiger partial charge is 0.481 e. The number of para-hydroxylation sites is 1. The van der Waals surface area contributed by atoms with Gasteiger partial charge in [-0.3, -0.25) is 4.79 Å². The fourth-order valence-electron chi connectivity index (χ4n) is 2.13. The molecule has 1 unspecified atom stereocenters. The number of fused-ring (bicyclic) bond motifs is 1. The lowest BCUT2D eigenvalue weighted by Crippen LogP contribution is -2.21. The molecular weight excluding hydrogens is 248 g/mol. The van der Waals surface area contributed by atoms with Crippen molar-refractivity contribution in [2.75, 3.05) is 6.54 Å². The summed E-state index contributed by atoms with van der Waals surface area (Å²) in [5.41, 5.74) is 7.13. The first kappa shape index (κ1) is 11.6. The van der Waals surface area contributed by atoms with E-state index in [2.05, 4.69) is 4.98 Å². The highest BCUT2D eigenvalue weighted by molar-refractivity contribution is 7.18. The van der Waals surface area contributed by atoms with Crippen molar-refractivity contribution in [1.29, 1.82) is 0 Å². The molecule has 1 aromatic heterocycles. The number of nitrogens with two attached hydrogens (primary N) is 1. The molecule has 3 N–H and O–H groups in total. The van der Waals surface area contributed by atoms with E-state index in [4.69, 9.17) is 5.73 Å². The lowest BCUT2D eigenvalue weighted by molar-refractivity contribution is -0.138. The van der Waals surface area contributed by atoms with E-state index in [-0.39, 0.29) is 6.54 Å². The van der Waals surface area contributed by atoms with Crippen molar-refractivity contribution in [2.45, 2.75) is 24.7 Å². The van der Waals surface area contributed by atoms with Crippen LogP contribution in [0.15, 0.2) is 18.2 Å². The van der Waals surface area contributed by atoms with Gasteiger partial charge in [-0.05, 0) is 24.5 Å². The van der Waals surface area contributed by atoms with Gasteiger partial charge in [0.05, 0.1) is 21.1 Å². The number of benzene rings is 1. The lowest BCUT2D eigenvalue weighted by Gasteiger charge is -2.10. The van der Waals surface area contributed by atoms with Crippen LogP contribution < -0.4 is 5.73 Å². The number of carboxylic acid groups (broad SMARTS) is 1. The molecule has 0 aliphatic heterocycles. The Hall–Kier alpha value is -1.46. The first-order chi connectivity index (χ1) is 8.70. The molecule has 1 aliphatic rings. The van der Waals surface area contributed by atoms with Crippen molar-refractivity contribution in [1.82, 2.24) is 4.98 Å². The summed E-state index contributed by atoms with van der Waals surface area (Å²) in [6, 6.07) is 5.71. The van der Waals surface area contributed by atoms with E-state index in [9.17, 15) is 9.90 Å². The number of rotatable bonds is 4. The number of nitrogens with zero attached hydrogens (tertiary/aromatic N) is 1. The molecule has 0 bridgehead atoms. The maximum atomic E-state index is 11.2. The number of carbonyl (C=O) groups is 1. The molecule has 1 atom stereocenters. The monoisotopic (exact) mass is 262 g/mol. The van der Waals surface area contributed by atoms with Crippen molar-refractivity contribution >= 4 is 27.5 Å². The van der Waals surface area contributed by atoms with Crippen LogP contribution in [0.3, 0.4) is 0 Å². The van der Waals surface area contributed by atoms with Crippen LogP contribution in [0, 0.1) is 0 Å². The van der Waals surface area contributed by atoms with Crippen LogP contribution in [0.2, 0.25) is 0 Å². The van der Waals surface area contributed by atoms with E-state index < -0.39 is 11.9 Å². The first-order valence-electron chi connectivity index (χ1n) is 6.03. The maximum Gasteiger partial charge on any atom is 0.312 e. The molecule has 0 amide bonds. The summed E-state index contributed by atoms with van der Waals surface area (Å²) < 4.78 is 1.06. The number of hydrogen-bond acceptors (Lipinski definition) is 4. The average Bonchev–Trinajstić information content (AvgIpc) is 3.09. The van der Waals surface area contributed by atoms with Crippen molar-refractivity contribution in [3.63, 3.8) is 0 Å². The van der Waals surface area contributed by atoms with Crippen molar-refractivity contribution in [3.8, 4) is 0 Å². The smallest absolute Gasteiger partial charge is 0.312 e. The Labute approximate surface area is 108 Å². The molecule has 94 valence electrons. The summed E-state index contributed by atoms with van der Waals surface area (Å²) in [7, 11) is 0. The highest BCUT2D eigenvalue weighted by Crippen LogP contribution is 2.44. The molecule has 1 saturated carbocycles. The summed E-state index contributed by atoms with van der Waals surface area (Å²) in [5.74, 6) is -0.953. The fraction of sp³-hybridized carbons (Fsp3) is 0.385. The summed E-state index contributed by atoms with van der Waals surface area (Å²) in [6.45, 7) is 0.102. The third-order valence-corrected chi connectivity index (χ3v) is 4.49. The zero-order valence-corrected chi connectivity index (χ0v) is 10.6. The average molecular weight is 262 g/mol. The van der Waals surface area contributed by atoms with Gasteiger partial charge in [-0.15, -0.1) is 11.3 Å². The van der Waals surface area contributed by atoms with Gasteiger partial charge in [0.25, 0.3) is 0 Å². The standard InChI is InChI=1S/C13H14N2O2S/c14-6-9(13(16)17)8-2-1-3-10-11(8)15-12(18-10)7-4-5-7/h1-3,7,9H,4-6,14H2,(H,16,17). The Morgan fingerprint density at radius 2 is 2.33 bits per heavy atom. The van der Waals surface area contributed by atoms with Gasteiger partial charge in [0, 0.05) is 12.5 Å². The maximum absolute atomic E-state index is 11.2. The van der Waals surface area contributed by atoms with Crippen LogP contribution in [0.5, 0.6) is 0 Å². The van der Waals surface area contributed by atoms with E-state index in [1.807, 2.05) is 18.2 Å². The van der Waals surface area contributed by atoms with Crippen LogP contribution in [-0.2, 0) is 4.79 Å². The Morgan fingerprint density at radius 1 is 1.56 bits per heavy atom. The third-order valence-electron chi connectivity index (χ3n) is 3.30. The van der Waals surface area contributed by atoms with Gasteiger partial charge < -0.3 is 10.8 Å². The quantitative estimate of drug-likeness (QED) is 0.886. The van der Waals surface area contributed by atoms with Gasteiger partial charge in [-0.25, -0.2) is 4.98 Å². The second kappa shape index (κ2) is 4.33. The number of hydrogen-bond donors (Lipinski definition) is 2. The van der Waals surface area contributed by atoms with Gasteiger partial charge in [0.1, 0.15) is 0 Å². The SMILES string of the molecule is NCC(C(=O)O)c1cccc2sc(C3CC3)nc12. The van der Waals surface area contributed by atoms with Crippen molar-refractivity contribution < 1.29 is 9.90 Å². The molecule has 0 radical (unpaired) electrons. The molecule has 4 nitrogen and oxygen atoms in total. The minimum atomic E-state index is -0.883. The van der Waals surface area contributed by atoms with Crippen LogP contribution in [0.25, 0.3) is 10.2 Å². The summed E-state index contributed by atoms with van der Waals surface area (Å²) in [4.78, 5) is 15.8. The van der Waals surface area contributed by atoms with E-state index >= 15 is 0 Å². The number of thiazole rings is 1. The molecule has 5 heteroatoms. The summed E-state index contributed by atoms with van der Waals surface area (Å²) in [5, 5.41) is 10.3. The molecule has 18 heavy (non-hydrogen) atoms. The van der Waals surface area contributed by atoms with Crippen LogP contribution in [-0.4, -0.2) is 22.6 Å². The molecule has 1 aromatic carbocycles. The predicted molar refractivity (Wildman–Crippen MR) is 71.0 cm³/mol. The van der Waals surface area contributed by atoms with Crippen molar-refractivity contribution in [2.24, 2.45) is 5.73 Å². The number of aromatic nitrogens is 1. The first-order valence-corrected chi connectivity index (χ1v) is 6.84. The molecule has 1 heterocycles. The predicted octanol–water partition coefficient (Wildman–Crippen LogP) is 2.30. The second-order valence-electron chi connectivity index (χ2n) is 4.65. The molecule has 1 fully saturated rings. The molecule has 1 aliphatic carbocycles. The summed E-state index contributed by atoms with van der Waals surface area (Å²) >= 11 is 1.68. The lowest BCUT2D eigenvalue weighted by atomic mass is 9.98. The van der Waals surface area contributed by atoms with Crippen LogP contribution in [0.4, 0.5) is 0 Å². The minimum Gasteiger partial charge on any atom is -0.481 e.